The van der Waals surface area contributed by atoms with E-state index in [1.54, 1.807) is 27.7 Å². The monoisotopic (exact) mass is 1600 g/mol. The van der Waals surface area contributed by atoms with E-state index in [0.717, 1.165) is 6.92 Å². The molecule has 17 amide bonds. The van der Waals surface area contributed by atoms with Crippen LogP contribution in [0.4, 0.5) is 0 Å². The highest BCUT2D eigenvalue weighted by atomic mass is 16.4. The van der Waals surface area contributed by atoms with E-state index in [-0.39, 0.29) is 82.1 Å². The third kappa shape index (κ3) is 26.4. The number of aromatic nitrogens is 2. The zero-order valence-electron chi connectivity index (χ0n) is 64.4. The molecule has 42 heteroatoms. The minimum atomic E-state index is -1.98. The van der Waals surface area contributed by atoms with Gasteiger partial charge in [0.1, 0.15) is 84.3 Å². The van der Waals surface area contributed by atoms with Crippen molar-refractivity contribution in [2.45, 2.75) is 235 Å². The number of carbonyl (C=O) groups excluding carboxylic acids is 17. The van der Waals surface area contributed by atoms with Gasteiger partial charge in [0.25, 0.3) is 0 Å². The number of hydrogen-bond donors (Lipinski definition) is 18. The molecule has 15 atom stereocenters. The lowest BCUT2D eigenvalue weighted by atomic mass is 9.95. The fraction of sp³-hybridized carbons (Fsp3) is 0.611. The van der Waals surface area contributed by atoms with E-state index in [4.69, 9.17) is 22.9 Å². The van der Waals surface area contributed by atoms with Crippen molar-refractivity contribution < 1.29 is 106 Å². The molecule has 4 saturated heterocycles. The van der Waals surface area contributed by atoms with Crippen LogP contribution in [0.5, 0.6) is 5.75 Å². The van der Waals surface area contributed by atoms with Gasteiger partial charge < -0.3 is 116 Å². The molecule has 1 aromatic carbocycles. The Bertz CT molecular complexity index is 3880. The quantitative estimate of drug-likeness (QED) is 0.0294. The number of H-pyrrole nitrogens is 1. The van der Waals surface area contributed by atoms with Crippen LogP contribution in [-0.4, -0.2) is 275 Å². The number of nitrogens with zero attached hydrogens (tertiary/aromatic N) is 5. The van der Waals surface area contributed by atoms with Crippen LogP contribution in [0.3, 0.4) is 0 Å². The zero-order valence-corrected chi connectivity index (χ0v) is 64.4. The Kier molecular flexibility index (Phi) is 34.1. The maximum Gasteiger partial charge on any atom is 0.326 e. The van der Waals surface area contributed by atoms with Crippen LogP contribution in [-0.2, 0) is 104 Å². The number of carboxylic acid groups (broad SMARTS) is 2. The number of phenols is 1. The number of nitrogens with one attached hydrogen (secondary N) is 11. The van der Waals surface area contributed by atoms with Crippen LogP contribution in [0, 0.1) is 11.8 Å². The highest BCUT2D eigenvalue weighted by Gasteiger charge is 2.48. The summed E-state index contributed by atoms with van der Waals surface area (Å²) in [5, 5.41) is 53.9. The Balaban J connectivity index is 1.08. The fourth-order valence-corrected chi connectivity index (χ4v) is 13.8. The highest BCUT2D eigenvalue weighted by Crippen LogP contribution is 2.30. The van der Waals surface area contributed by atoms with Crippen molar-refractivity contribution in [3.8, 4) is 5.75 Å². The number of likely N-dealkylation sites (tertiary alicyclic amines) is 4. The second-order valence-electron chi connectivity index (χ2n) is 29.4. The van der Waals surface area contributed by atoms with Gasteiger partial charge in [-0.2, -0.15) is 0 Å². The first kappa shape index (κ1) is 91.0. The van der Waals surface area contributed by atoms with Crippen LogP contribution < -0.4 is 76.1 Å². The first-order valence-corrected chi connectivity index (χ1v) is 37.8. The second-order valence-corrected chi connectivity index (χ2v) is 29.4. The van der Waals surface area contributed by atoms with Crippen LogP contribution in [0.15, 0.2) is 36.8 Å². The summed E-state index contributed by atoms with van der Waals surface area (Å²) in [5.41, 5.74) is 22.7. The Hall–Kier alpha value is -11.9. The standard InChI is InChI=1S/C72H106N20O22/c1-7-36(4)58(71(112)92-25-11-15-52(92)72(113)114)88-66(107)44(26-35(2)3)85-62(103)43(20-21-53(74)94)82-64(105)47(30-55(76)96)83-59(100)37(5)80-56(97)33-78-61(102)46(28-40-32-77-34-79-40)86-65(106)48(31-57(98)99)84-60(101)38(6)81-63(104)45(27-39-16-18-41(93)19-17-39)87-67(108)49-12-8-22-89(49)69(110)51-14-10-24-91(51)70(111)50-13-9-23-90(50)68(109)42(73)29-54(75)95/h16-19,32,34-38,42-52,58,93H,7-15,20-31,33,73H2,1-6H3,(H2,74,94)(H2,75,95)(H2,76,96)(H,77,79)(H,78,102)(H,80,97)(H,81,104)(H,82,105)(H,83,100)(H,84,101)(H,85,103)(H,86,106)(H,87,108)(H,88,107)(H,98,99)(H,113,114)/t36-,37-,38-,42-,43-,44-,45-,46-,47-,48-,49-,50-,51-,52-,58-/m0/s1. The van der Waals surface area contributed by atoms with E-state index < -0.39 is 248 Å². The van der Waals surface area contributed by atoms with Crippen LogP contribution >= 0.6 is 0 Å². The van der Waals surface area contributed by atoms with Gasteiger partial charge in [0, 0.05) is 57.3 Å². The lowest BCUT2D eigenvalue weighted by molar-refractivity contribution is -0.151. The summed E-state index contributed by atoms with van der Waals surface area (Å²) in [5.74, 6) is -19.5. The molecule has 0 unspecified atom stereocenters. The number of aromatic hydroxyl groups is 1. The van der Waals surface area contributed by atoms with E-state index in [0.29, 0.717) is 37.7 Å². The average Bonchev–Trinajstić information content (AvgIpc) is 1.63. The van der Waals surface area contributed by atoms with Gasteiger partial charge in [0.05, 0.1) is 38.2 Å². The molecule has 22 N–H and O–H groups in total. The number of amides is 17. The molecule has 4 aliphatic rings. The maximum atomic E-state index is 14.5. The molecule has 0 saturated carbocycles. The van der Waals surface area contributed by atoms with E-state index in [9.17, 15) is 106 Å². The molecule has 0 spiro atoms. The molecule has 4 aliphatic heterocycles. The second kappa shape index (κ2) is 42.7. The average molecular weight is 1600 g/mol. The number of phenolic OH excluding ortho intramolecular Hbond substituents is 1. The molecule has 1 aromatic heterocycles. The van der Waals surface area contributed by atoms with Crippen molar-refractivity contribution in [2.75, 3.05) is 32.7 Å². The number of primary amides is 3. The lowest BCUT2D eigenvalue weighted by Crippen LogP contribution is -2.60. The minimum Gasteiger partial charge on any atom is -0.508 e. The van der Waals surface area contributed by atoms with Gasteiger partial charge >= 0.3 is 11.9 Å². The van der Waals surface area contributed by atoms with E-state index in [1.807, 2.05) is 0 Å². The largest absolute Gasteiger partial charge is 0.508 e. The highest BCUT2D eigenvalue weighted by molar-refractivity contribution is 6.02. The predicted molar refractivity (Wildman–Crippen MR) is 398 cm³/mol. The molecule has 0 aliphatic carbocycles. The molecule has 4 fully saturated rings. The normalized spacial score (nSPS) is 19.4. The third-order valence-corrected chi connectivity index (χ3v) is 20.1. The number of carbonyl (C=O) groups is 19. The van der Waals surface area contributed by atoms with E-state index >= 15 is 0 Å². The zero-order chi connectivity index (χ0) is 84.5. The summed E-state index contributed by atoms with van der Waals surface area (Å²) in [6, 6.07) is -14.5. The number of nitrogens with two attached hydrogens (primary N) is 4. The van der Waals surface area contributed by atoms with Crippen LogP contribution in [0.25, 0.3) is 0 Å². The van der Waals surface area contributed by atoms with Gasteiger partial charge in [0.15, 0.2) is 0 Å². The van der Waals surface area contributed by atoms with Crippen molar-refractivity contribution >= 4 is 112 Å². The van der Waals surface area contributed by atoms with Crippen molar-refractivity contribution in [1.82, 2.24) is 82.7 Å². The van der Waals surface area contributed by atoms with Gasteiger partial charge in [-0.1, -0.05) is 46.2 Å². The van der Waals surface area contributed by atoms with Gasteiger partial charge in [-0.25, -0.2) is 9.78 Å². The first-order chi connectivity index (χ1) is 53.8. The summed E-state index contributed by atoms with van der Waals surface area (Å²) in [4.78, 5) is 268. The summed E-state index contributed by atoms with van der Waals surface area (Å²) >= 11 is 0. The SMILES string of the molecule is CC[C@H](C)[C@H](NC(=O)[C@H](CC(C)C)NC(=O)[C@H](CCC(N)=O)NC(=O)[C@H](CC(N)=O)NC(=O)[C@H](C)NC(=O)CNC(=O)[C@H](Cc1cnc[nH]1)NC(=O)[C@H](CC(=O)O)NC(=O)[C@H](C)NC(=O)[C@H](Cc1ccc(O)cc1)NC(=O)[C@@H]1CCCN1C(=O)[C@@H]1CCCN1C(=O)[C@@H]1CCCN1C(=O)[C@@H](N)CC(N)=O)C(=O)N1CCC[C@H]1C(=O)O. The van der Waals surface area contributed by atoms with Crippen molar-refractivity contribution in [3.63, 3.8) is 0 Å². The van der Waals surface area contributed by atoms with Crippen molar-refractivity contribution in [3.05, 3.63) is 48.0 Å². The number of benzene rings is 1. The molecule has 5 heterocycles. The van der Waals surface area contributed by atoms with E-state index in [2.05, 4.69) is 63.1 Å². The van der Waals surface area contributed by atoms with Crippen molar-refractivity contribution in [1.29, 1.82) is 0 Å². The fourth-order valence-electron chi connectivity index (χ4n) is 13.8. The number of imidazole rings is 1. The van der Waals surface area contributed by atoms with Gasteiger partial charge in [-0.3, -0.25) is 86.3 Å². The number of carboxylic acids is 2. The van der Waals surface area contributed by atoms with Crippen LogP contribution in [0.2, 0.25) is 0 Å². The van der Waals surface area contributed by atoms with Crippen LogP contribution in [0.1, 0.15) is 149 Å². The Labute approximate surface area is 655 Å². The Morgan fingerprint density at radius 1 is 0.509 bits per heavy atom. The van der Waals surface area contributed by atoms with Gasteiger partial charge in [-0.05, 0) is 108 Å². The van der Waals surface area contributed by atoms with E-state index in [1.165, 1.54) is 63.3 Å². The topological polar surface area (TPSA) is 651 Å². The van der Waals surface area contributed by atoms with Crippen molar-refractivity contribution in [2.24, 2.45) is 34.8 Å². The predicted octanol–water partition coefficient (Wildman–Crippen LogP) is -6.62. The molecule has 0 bridgehead atoms. The Morgan fingerprint density at radius 2 is 0.982 bits per heavy atom. The number of hydrogen-bond acceptors (Lipinski definition) is 22. The van der Waals surface area contributed by atoms with Gasteiger partial charge in [0.2, 0.25) is 100 Å². The molecule has 114 heavy (non-hydrogen) atoms. The maximum absolute atomic E-state index is 14.5. The molecule has 0 radical (unpaired) electrons. The summed E-state index contributed by atoms with van der Waals surface area (Å²) in [7, 11) is 0. The molecule has 626 valence electrons. The number of aromatic amines is 1. The number of rotatable bonds is 42. The molecular formula is C72H106N20O22. The Morgan fingerprint density at radius 3 is 1.52 bits per heavy atom. The lowest BCUT2D eigenvalue weighted by Gasteiger charge is -2.34. The third-order valence-electron chi connectivity index (χ3n) is 20.1. The van der Waals surface area contributed by atoms with Gasteiger partial charge in [-0.15, -0.1) is 0 Å². The molecule has 42 nitrogen and oxygen atoms in total. The summed E-state index contributed by atoms with van der Waals surface area (Å²) < 4.78 is 0. The molecule has 6 rings (SSSR count). The first-order valence-electron chi connectivity index (χ1n) is 37.8. The summed E-state index contributed by atoms with van der Waals surface area (Å²) in [6.07, 6.45) is 1.18. The molecular weight excluding hydrogens is 1500 g/mol. The minimum absolute atomic E-state index is 0.0304. The summed E-state index contributed by atoms with van der Waals surface area (Å²) in [6.45, 7) is 8.83. The molecule has 2 aromatic rings. The smallest absolute Gasteiger partial charge is 0.326 e. The number of aliphatic carboxylic acids is 2.